The SMILES string of the molecule is CC1Oc2ccc(CN)cc2N(C(=O)CN)C1=O. The van der Waals surface area contributed by atoms with Crippen molar-refractivity contribution in [3.8, 4) is 5.75 Å². The van der Waals surface area contributed by atoms with Gasteiger partial charge in [0.25, 0.3) is 5.91 Å². The zero-order valence-corrected chi connectivity index (χ0v) is 10.1. The minimum absolute atomic E-state index is 0.231. The molecule has 1 atom stereocenters. The van der Waals surface area contributed by atoms with Crippen molar-refractivity contribution in [3.05, 3.63) is 23.8 Å². The molecule has 1 aromatic carbocycles. The van der Waals surface area contributed by atoms with E-state index in [1.165, 1.54) is 0 Å². The number of ether oxygens (including phenoxy) is 1. The van der Waals surface area contributed by atoms with E-state index < -0.39 is 17.9 Å². The Bertz CT molecular complexity index is 501. The second kappa shape index (κ2) is 4.75. The Hall–Kier alpha value is -1.92. The van der Waals surface area contributed by atoms with Gasteiger partial charge in [0.2, 0.25) is 5.91 Å². The van der Waals surface area contributed by atoms with Crippen molar-refractivity contribution in [1.82, 2.24) is 0 Å². The molecule has 1 aliphatic rings. The molecular formula is C12H15N3O3. The summed E-state index contributed by atoms with van der Waals surface area (Å²) < 4.78 is 5.44. The van der Waals surface area contributed by atoms with Gasteiger partial charge in [0.15, 0.2) is 6.10 Å². The van der Waals surface area contributed by atoms with E-state index in [-0.39, 0.29) is 6.54 Å². The fraction of sp³-hybridized carbons (Fsp3) is 0.333. The molecule has 0 radical (unpaired) electrons. The molecule has 0 aliphatic carbocycles. The molecule has 2 amide bonds. The fourth-order valence-corrected chi connectivity index (χ4v) is 1.85. The lowest BCUT2D eigenvalue weighted by Gasteiger charge is -2.31. The Morgan fingerprint density at radius 3 is 2.78 bits per heavy atom. The number of hydrogen-bond acceptors (Lipinski definition) is 5. The first kappa shape index (κ1) is 12.5. The summed E-state index contributed by atoms with van der Waals surface area (Å²) in [6, 6.07) is 5.18. The summed E-state index contributed by atoms with van der Waals surface area (Å²) in [7, 11) is 0. The van der Waals surface area contributed by atoms with Gasteiger partial charge < -0.3 is 16.2 Å². The highest BCUT2D eigenvalue weighted by atomic mass is 16.5. The van der Waals surface area contributed by atoms with Gasteiger partial charge in [-0.3, -0.25) is 9.59 Å². The normalized spacial score (nSPS) is 18.3. The largest absolute Gasteiger partial charge is 0.479 e. The number of benzene rings is 1. The molecule has 1 aromatic rings. The average Bonchev–Trinajstić information content (AvgIpc) is 2.39. The van der Waals surface area contributed by atoms with Gasteiger partial charge in [0.1, 0.15) is 5.75 Å². The summed E-state index contributed by atoms with van der Waals surface area (Å²) in [5.41, 5.74) is 12.1. The topological polar surface area (TPSA) is 98.7 Å². The van der Waals surface area contributed by atoms with Crippen LogP contribution in [0, 0.1) is 0 Å². The number of nitrogens with zero attached hydrogens (tertiary/aromatic N) is 1. The van der Waals surface area contributed by atoms with E-state index in [0.717, 1.165) is 10.5 Å². The van der Waals surface area contributed by atoms with Crippen LogP contribution in [0.5, 0.6) is 5.75 Å². The van der Waals surface area contributed by atoms with Crippen molar-refractivity contribution < 1.29 is 14.3 Å². The number of amides is 2. The standard InChI is InChI=1S/C12H15N3O3/c1-7-12(17)15(11(16)6-14)9-4-8(5-13)2-3-10(9)18-7/h2-4,7H,5-6,13-14H2,1H3. The summed E-state index contributed by atoms with van der Waals surface area (Å²) in [6.07, 6.45) is -0.697. The van der Waals surface area contributed by atoms with Crippen LogP contribution in [0.2, 0.25) is 0 Å². The molecule has 0 saturated heterocycles. The lowest BCUT2D eigenvalue weighted by atomic mass is 10.1. The number of carbonyl (C=O) groups is 2. The molecule has 0 aromatic heterocycles. The maximum atomic E-state index is 12.0. The number of hydrogen-bond donors (Lipinski definition) is 2. The molecule has 0 fully saturated rings. The van der Waals surface area contributed by atoms with Crippen LogP contribution in [0.1, 0.15) is 12.5 Å². The Labute approximate surface area is 104 Å². The first-order valence-corrected chi connectivity index (χ1v) is 5.65. The summed E-state index contributed by atoms with van der Waals surface area (Å²) in [5, 5.41) is 0. The molecule has 6 nitrogen and oxygen atoms in total. The van der Waals surface area contributed by atoms with Crippen LogP contribution in [-0.4, -0.2) is 24.5 Å². The maximum Gasteiger partial charge on any atom is 0.274 e. The van der Waals surface area contributed by atoms with Crippen LogP contribution in [0.25, 0.3) is 0 Å². The number of fused-ring (bicyclic) bond motifs is 1. The highest BCUT2D eigenvalue weighted by Crippen LogP contribution is 2.34. The zero-order valence-electron chi connectivity index (χ0n) is 10.1. The van der Waals surface area contributed by atoms with E-state index in [0.29, 0.717) is 18.0 Å². The highest BCUT2D eigenvalue weighted by molar-refractivity contribution is 6.18. The number of imide groups is 1. The molecular weight excluding hydrogens is 234 g/mol. The van der Waals surface area contributed by atoms with Gasteiger partial charge in [0.05, 0.1) is 12.2 Å². The summed E-state index contributed by atoms with van der Waals surface area (Å²) in [6.45, 7) is 1.69. The van der Waals surface area contributed by atoms with Crippen LogP contribution in [0.4, 0.5) is 5.69 Å². The van der Waals surface area contributed by atoms with E-state index in [2.05, 4.69) is 0 Å². The van der Waals surface area contributed by atoms with Crippen LogP contribution in [0.3, 0.4) is 0 Å². The molecule has 0 spiro atoms. The molecule has 0 bridgehead atoms. The molecule has 1 heterocycles. The van der Waals surface area contributed by atoms with Crippen molar-refractivity contribution >= 4 is 17.5 Å². The van der Waals surface area contributed by atoms with Gasteiger partial charge in [0, 0.05) is 6.54 Å². The number of anilines is 1. The first-order valence-electron chi connectivity index (χ1n) is 5.65. The molecule has 96 valence electrons. The van der Waals surface area contributed by atoms with Crippen LogP contribution < -0.4 is 21.1 Å². The van der Waals surface area contributed by atoms with Crippen molar-refractivity contribution in [2.24, 2.45) is 11.5 Å². The summed E-state index contributed by atoms with van der Waals surface area (Å²) in [5.74, 6) is -0.376. The highest BCUT2D eigenvalue weighted by Gasteiger charge is 2.35. The van der Waals surface area contributed by atoms with Gasteiger partial charge in [-0.1, -0.05) is 6.07 Å². The Kier molecular flexibility index (Phi) is 3.31. The van der Waals surface area contributed by atoms with Crippen LogP contribution in [-0.2, 0) is 16.1 Å². The second-order valence-electron chi connectivity index (χ2n) is 4.04. The third-order valence-corrected chi connectivity index (χ3v) is 2.80. The number of rotatable bonds is 2. The minimum Gasteiger partial charge on any atom is -0.479 e. The van der Waals surface area contributed by atoms with Crippen molar-refractivity contribution in [2.45, 2.75) is 19.6 Å². The Morgan fingerprint density at radius 2 is 2.17 bits per heavy atom. The monoisotopic (exact) mass is 249 g/mol. The van der Waals surface area contributed by atoms with Crippen molar-refractivity contribution in [3.63, 3.8) is 0 Å². The average molecular weight is 249 g/mol. The predicted molar refractivity (Wildman–Crippen MR) is 66.0 cm³/mol. The summed E-state index contributed by atoms with van der Waals surface area (Å²) in [4.78, 5) is 24.8. The zero-order chi connectivity index (χ0) is 13.3. The third kappa shape index (κ3) is 1.96. The fourth-order valence-electron chi connectivity index (χ4n) is 1.85. The lowest BCUT2D eigenvalue weighted by molar-refractivity contribution is -0.130. The van der Waals surface area contributed by atoms with Gasteiger partial charge >= 0.3 is 0 Å². The molecule has 6 heteroatoms. The Balaban J connectivity index is 2.53. The molecule has 4 N–H and O–H groups in total. The lowest BCUT2D eigenvalue weighted by Crippen LogP contribution is -2.49. The van der Waals surface area contributed by atoms with Gasteiger partial charge in [-0.2, -0.15) is 0 Å². The van der Waals surface area contributed by atoms with Crippen molar-refractivity contribution in [1.29, 1.82) is 0 Å². The molecule has 0 saturated carbocycles. The van der Waals surface area contributed by atoms with Gasteiger partial charge in [-0.25, -0.2) is 4.90 Å². The smallest absolute Gasteiger partial charge is 0.274 e. The van der Waals surface area contributed by atoms with E-state index in [1.807, 2.05) is 0 Å². The van der Waals surface area contributed by atoms with Gasteiger partial charge in [-0.05, 0) is 24.6 Å². The molecule has 1 unspecified atom stereocenters. The van der Waals surface area contributed by atoms with Crippen LogP contribution in [0.15, 0.2) is 18.2 Å². The minimum atomic E-state index is -0.697. The van der Waals surface area contributed by atoms with Crippen LogP contribution >= 0.6 is 0 Å². The maximum absolute atomic E-state index is 12.0. The summed E-state index contributed by atoms with van der Waals surface area (Å²) >= 11 is 0. The molecule has 1 aliphatic heterocycles. The molecule has 2 rings (SSSR count). The molecule has 18 heavy (non-hydrogen) atoms. The quantitative estimate of drug-likeness (QED) is 0.752. The van der Waals surface area contributed by atoms with E-state index >= 15 is 0 Å². The van der Waals surface area contributed by atoms with E-state index in [1.54, 1.807) is 25.1 Å². The van der Waals surface area contributed by atoms with Gasteiger partial charge in [-0.15, -0.1) is 0 Å². The first-order chi connectivity index (χ1) is 8.58. The van der Waals surface area contributed by atoms with E-state index in [4.69, 9.17) is 16.2 Å². The second-order valence-corrected chi connectivity index (χ2v) is 4.04. The predicted octanol–water partition coefficient (Wildman–Crippen LogP) is -0.255. The number of nitrogens with two attached hydrogens (primary N) is 2. The number of carbonyl (C=O) groups excluding carboxylic acids is 2. The van der Waals surface area contributed by atoms with E-state index in [9.17, 15) is 9.59 Å². The van der Waals surface area contributed by atoms with Crippen molar-refractivity contribution in [2.75, 3.05) is 11.4 Å². The Morgan fingerprint density at radius 1 is 1.44 bits per heavy atom. The third-order valence-electron chi connectivity index (χ3n) is 2.80.